The van der Waals surface area contributed by atoms with E-state index in [1.807, 2.05) is 31.2 Å². The summed E-state index contributed by atoms with van der Waals surface area (Å²) in [6.07, 6.45) is 2.13. The summed E-state index contributed by atoms with van der Waals surface area (Å²) in [6.45, 7) is 3.47. The second kappa shape index (κ2) is 9.31. The van der Waals surface area contributed by atoms with Gasteiger partial charge in [0, 0.05) is 24.8 Å². The maximum absolute atomic E-state index is 12.8. The number of amides is 1. The minimum atomic E-state index is -3.46. The molecule has 1 N–H and O–H groups in total. The highest BCUT2D eigenvalue weighted by molar-refractivity contribution is 7.91. The van der Waals surface area contributed by atoms with Crippen molar-refractivity contribution in [3.63, 3.8) is 0 Å². The highest BCUT2D eigenvalue weighted by atomic mass is 32.2. The van der Waals surface area contributed by atoms with Gasteiger partial charge in [0.15, 0.2) is 9.84 Å². The minimum absolute atomic E-state index is 0.0268. The fraction of sp³-hybridized carbons (Fsp3) is 0.409. The van der Waals surface area contributed by atoms with E-state index in [9.17, 15) is 13.2 Å². The van der Waals surface area contributed by atoms with Gasteiger partial charge >= 0.3 is 0 Å². The molecule has 0 saturated carbocycles. The Morgan fingerprint density at radius 2 is 1.76 bits per heavy atom. The first kappa shape index (κ1) is 21.2. The largest absolute Gasteiger partial charge is 0.497 e. The molecular weight excluding hydrogens is 388 g/mol. The fourth-order valence-corrected chi connectivity index (χ4v) is 5.18. The van der Waals surface area contributed by atoms with Crippen molar-refractivity contribution in [3.05, 3.63) is 54.1 Å². The summed E-state index contributed by atoms with van der Waals surface area (Å²) in [7, 11) is -1.81. The lowest BCUT2D eigenvalue weighted by atomic mass is 10.0. The van der Waals surface area contributed by atoms with E-state index < -0.39 is 9.84 Å². The van der Waals surface area contributed by atoms with Gasteiger partial charge in [-0.3, -0.25) is 4.79 Å². The summed E-state index contributed by atoms with van der Waals surface area (Å²) in [6, 6.07) is 14.4. The SMILES string of the molecule is CCCS(=O)(=O)c1ccccc1C(=O)NC1CCN(c2ccc(OC)cc2)CC1. The molecule has 1 aliphatic heterocycles. The molecule has 0 aliphatic carbocycles. The highest BCUT2D eigenvalue weighted by Crippen LogP contribution is 2.23. The molecule has 29 heavy (non-hydrogen) atoms. The second-order valence-corrected chi connectivity index (χ2v) is 9.33. The zero-order valence-corrected chi connectivity index (χ0v) is 17.7. The zero-order chi connectivity index (χ0) is 20.9. The van der Waals surface area contributed by atoms with Crippen molar-refractivity contribution >= 4 is 21.4 Å². The van der Waals surface area contributed by atoms with Gasteiger partial charge in [-0.2, -0.15) is 0 Å². The predicted molar refractivity (Wildman–Crippen MR) is 114 cm³/mol. The summed E-state index contributed by atoms with van der Waals surface area (Å²) in [4.78, 5) is 15.2. The van der Waals surface area contributed by atoms with E-state index in [2.05, 4.69) is 10.2 Å². The number of nitrogens with zero attached hydrogens (tertiary/aromatic N) is 1. The average Bonchev–Trinajstić information content (AvgIpc) is 2.74. The van der Waals surface area contributed by atoms with Gasteiger partial charge in [-0.1, -0.05) is 19.1 Å². The number of methoxy groups -OCH3 is 1. The van der Waals surface area contributed by atoms with Crippen LogP contribution in [0.1, 0.15) is 36.5 Å². The lowest BCUT2D eigenvalue weighted by Gasteiger charge is -2.34. The van der Waals surface area contributed by atoms with Crippen molar-refractivity contribution in [2.75, 3.05) is 30.9 Å². The Morgan fingerprint density at radius 3 is 2.38 bits per heavy atom. The van der Waals surface area contributed by atoms with Crippen LogP contribution in [0.2, 0.25) is 0 Å². The summed E-state index contributed by atoms with van der Waals surface area (Å²) < 4.78 is 30.2. The molecule has 0 spiro atoms. The zero-order valence-electron chi connectivity index (χ0n) is 16.9. The van der Waals surface area contributed by atoms with Gasteiger partial charge in [-0.05, 0) is 55.7 Å². The number of hydrogen-bond acceptors (Lipinski definition) is 5. The van der Waals surface area contributed by atoms with Crippen LogP contribution in [-0.2, 0) is 9.84 Å². The summed E-state index contributed by atoms with van der Waals surface area (Å²) in [5, 5.41) is 3.03. The van der Waals surface area contributed by atoms with Crippen molar-refractivity contribution in [2.24, 2.45) is 0 Å². The average molecular weight is 417 g/mol. The van der Waals surface area contributed by atoms with Crippen molar-refractivity contribution in [2.45, 2.75) is 37.1 Å². The molecule has 0 aromatic heterocycles. The Morgan fingerprint density at radius 1 is 1.10 bits per heavy atom. The van der Waals surface area contributed by atoms with Crippen molar-refractivity contribution < 1.29 is 17.9 Å². The van der Waals surface area contributed by atoms with E-state index in [0.29, 0.717) is 6.42 Å². The third kappa shape index (κ3) is 5.09. The number of benzene rings is 2. The molecule has 1 fully saturated rings. The lowest BCUT2D eigenvalue weighted by Crippen LogP contribution is -2.45. The molecule has 1 amide bonds. The van der Waals surface area contributed by atoms with Gasteiger partial charge < -0.3 is 15.0 Å². The first-order valence-electron chi connectivity index (χ1n) is 9.96. The Kier molecular flexibility index (Phi) is 6.79. The van der Waals surface area contributed by atoms with Crippen LogP contribution in [0.4, 0.5) is 5.69 Å². The van der Waals surface area contributed by atoms with Gasteiger partial charge in [0.05, 0.1) is 23.3 Å². The van der Waals surface area contributed by atoms with E-state index >= 15 is 0 Å². The third-order valence-electron chi connectivity index (χ3n) is 5.21. The van der Waals surface area contributed by atoms with E-state index in [1.165, 1.54) is 6.07 Å². The monoisotopic (exact) mass is 416 g/mol. The number of anilines is 1. The molecule has 0 atom stereocenters. The summed E-state index contributed by atoms with van der Waals surface area (Å²) in [5.74, 6) is 0.549. The van der Waals surface area contributed by atoms with Crippen LogP contribution in [-0.4, -0.2) is 46.3 Å². The fourth-order valence-electron chi connectivity index (χ4n) is 3.64. The molecule has 156 valence electrons. The maximum Gasteiger partial charge on any atom is 0.252 e. The molecule has 0 radical (unpaired) electrons. The van der Waals surface area contributed by atoms with Gasteiger partial charge in [-0.15, -0.1) is 0 Å². The summed E-state index contributed by atoms with van der Waals surface area (Å²) in [5.41, 5.74) is 1.37. The van der Waals surface area contributed by atoms with E-state index in [0.717, 1.165) is 37.4 Å². The standard InChI is InChI=1S/C22H28N2O4S/c1-3-16-29(26,27)21-7-5-4-6-20(21)22(25)23-17-12-14-24(15-13-17)18-8-10-19(28-2)11-9-18/h4-11,17H,3,12-16H2,1-2H3,(H,23,25). The molecule has 1 saturated heterocycles. The molecule has 0 unspecified atom stereocenters. The Balaban J connectivity index is 1.63. The minimum Gasteiger partial charge on any atom is -0.497 e. The Labute approximate surface area is 172 Å². The molecule has 1 heterocycles. The molecule has 6 nitrogen and oxygen atoms in total. The number of nitrogens with one attached hydrogen (secondary N) is 1. The quantitative estimate of drug-likeness (QED) is 0.750. The Hall–Kier alpha value is -2.54. The van der Waals surface area contributed by atoms with Gasteiger partial charge in [0.25, 0.3) is 5.91 Å². The number of rotatable bonds is 7. The van der Waals surface area contributed by atoms with Crippen LogP contribution in [0.3, 0.4) is 0 Å². The van der Waals surface area contributed by atoms with Crippen LogP contribution in [0.25, 0.3) is 0 Å². The van der Waals surface area contributed by atoms with Crippen LogP contribution in [0, 0.1) is 0 Å². The van der Waals surface area contributed by atoms with Crippen LogP contribution in [0.5, 0.6) is 5.75 Å². The van der Waals surface area contributed by atoms with Gasteiger partial charge in [0.2, 0.25) is 0 Å². The van der Waals surface area contributed by atoms with Crippen molar-refractivity contribution in [3.8, 4) is 5.75 Å². The van der Waals surface area contributed by atoms with E-state index in [4.69, 9.17) is 4.74 Å². The van der Waals surface area contributed by atoms with Crippen LogP contribution < -0.4 is 15.0 Å². The number of hydrogen-bond donors (Lipinski definition) is 1. The number of ether oxygens (including phenoxy) is 1. The lowest BCUT2D eigenvalue weighted by molar-refractivity contribution is 0.0927. The first-order valence-corrected chi connectivity index (χ1v) is 11.6. The normalized spacial score (nSPS) is 15.2. The van der Waals surface area contributed by atoms with Gasteiger partial charge in [0.1, 0.15) is 5.75 Å². The van der Waals surface area contributed by atoms with Crippen LogP contribution >= 0.6 is 0 Å². The number of carbonyl (C=O) groups is 1. The number of carbonyl (C=O) groups excluding carboxylic acids is 1. The van der Waals surface area contributed by atoms with Crippen molar-refractivity contribution in [1.29, 1.82) is 0 Å². The first-order chi connectivity index (χ1) is 13.9. The molecule has 7 heteroatoms. The molecule has 2 aromatic carbocycles. The Bertz CT molecular complexity index is 934. The molecule has 2 aromatic rings. The number of sulfone groups is 1. The molecule has 1 aliphatic rings. The van der Waals surface area contributed by atoms with Gasteiger partial charge in [-0.25, -0.2) is 8.42 Å². The smallest absolute Gasteiger partial charge is 0.252 e. The van der Waals surface area contributed by atoms with E-state index in [1.54, 1.807) is 25.3 Å². The summed E-state index contributed by atoms with van der Waals surface area (Å²) >= 11 is 0. The number of piperidine rings is 1. The highest BCUT2D eigenvalue weighted by Gasteiger charge is 2.25. The van der Waals surface area contributed by atoms with Crippen LogP contribution in [0.15, 0.2) is 53.4 Å². The molecular formula is C22H28N2O4S. The van der Waals surface area contributed by atoms with E-state index in [-0.39, 0.29) is 28.2 Å². The molecule has 0 bridgehead atoms. The topological polar surface area (TPSA) is 75.7 Å². The van der Waals surface area contributed by atoms with Crippen molar-refractivity contribution in [1.82, 2.24) is 5.32 Å². The molecule has 3 rings (SSSR count). The third-order valence-corrected chi connectivity index (χ3v) is 7.18. The maximum atomic E-state index is 12.8. The predicted octanol–water partition coefficient (Wildman–Crippen LogP) is 3.28. The second-order valence-electron chi connectivity index (χ2n) is 7.25.